The minimum atomic E-state index is 0.218. The lowest BCUT2D eigenvalue weighted by Crippen LogP contribution is -2.30. The van der Waals surface area contributed by atoms with Gasteiger partial charge in [0.2, 0.25) is 0 Å². The van der Waals surface area contributed by atoms with E-state index in [0.29, 0.717) is 18.1 Å². The van der Waals surface area contributed by atoms with E-state index in [2.05, 4.69) is 13.8 Å². The fourth-order valence-electron chi connectivity index (χ4n) is 2.42. The maximum Gasteiger partial charge on any atom is 0.0924 e. The quantitative estimate of drug-likeness (QED) is 0.591. The summed E-state index contributed by atoms with van der Waals surface area (Å²) in [6.45, 7) is 4.39. The molecule has 0 spiro atoms. The molecule has 0 N–H and O–H groups in total. The fraction of sp³-hybridized carbons (Fsp3) is 1.00. The van der Waals surface area contributed by atoms with Gasteiger partial charge in [0.1, 0.15) is 0 Å². The van der Waals surface area contributed by atoms with Crippen LogP contribution in [0, 0.1) is 5.92 Å². The van der Waals surface area contributed by atoms with Crippen molar-refractivity contribution in [3.8, 4) is 0 Å². The summed E-state index contributed by atoms with van der Waals surface area (Å²) in [6, 6.07) is 0. The summed E-state index contributed by atoms with van der Waals surface area (Å²) in [7, 11) is 1.80. The lowest BCUT2D eigenvalue weighted by Gasteiger charge is -2.27. The van der Waals surface area contributed by atoms with Crippen molar-refractivity contribution in [1.29, 1.82) is 0 Å². The predicted molar refractivity (Wildman–Crippen MR) is 47.1 cm³/mol. The highest BCUT2D eigenvalue weighted by atomic mass is 16.6. The number of fused-ring (bicyclic) bond motifs is 1. The summed E-state index contributed by atoms with van der Waals surface area (Å²) in [5.74, 6) is 0.707. The molecule has 1 saturated carbocycles. The van der Waals surface area contributed by atoms with Crippen LogP contribution >= 0.6 is 0 Å². The van der Waals surface area contributed by atoms with Gasteiger partial charge in [0.15, 0.2) is 0 Å². The number of epoxide rings is 1. The topological polar surface area (TPSA) is 21.8 Å². The minimum Gasteiger partial charge on any atom is -0.381 e. The van der Waals surface area contributed by atoms with Gasteiger partial charge in [0.25, 0.3) is 0 Å². The monoisotopic (exact) mass is 170 g/mol. The second-order valence-electron chi connectivity index (χ2n) is 4.40. The third-order valence-electron chi connectivity index (χ3n) is 3.54. The Labute approximate surface area is 74.2 Å². The Bertz CT molecular complexity index is 181. The lowest BCUT2D eigenvalue weighted by atomic mass is 9.80. The first-order valence-electron chi connectivity index (χ1n) is 4.86. The molecule has 70 valence electrons. The first-order valence-corrected chi connectivity index (χ1v) is 4.86. The SMILES string of the molecule is COC(C)C1CCC2OC2(C)C1. The Kier molecular flexibility index (Phi) is 1.92. The van der Waals surface area contributed by atoms with Crippen molar-refractivity contribution >= 4 is 0 Å². The van der Waals surface area contributed by atoms with Crippen LogP contribution in [0.15, 0.2) is 0 Å². The van der Waals surface area contributed by atoms with E-state index in [1.165, 1.54) is 19.3 Å². The van der Waals surface area contributed by atoms with Gasteiger partial charge in [-0.1, -0.05) is 0 Å². The second kappa shape index (κ2) is 2.71. The van der Waals surface area contributed by atoms with Crippen LogP contribution < -0.4 is 0 Å². The van der Waals surface area contributed by atoms with Crippen LogP contribution in [0.4, 0.5) is 0 Å². The van der Waals surface area contributed by atoms with Crippen molar-refractivity contribution in [2.45, 2.75) is 50.9 Å². The van der Waals surface area contributed by atoms with Gasteiger partial charge in [0.05, 0.1) is 17.8 Å². The molecule has 0 bridgehead atoms. The highest BCUT2D eigenvalue weighted by Gasteiger charge is 2.55. The van der Waals surface area contributed by atoms with Gasteiger partial charge in [0, 0.05) is 7.11 Å². The maximum atomic E-state index is 5.63. The number of hydrogen-bond acceptors (Lipinski definition) is 2. The smallest absolute Gasteiger partial charge is 0.0924 e. The van der Waals surface area contributed by atoms with E-state index in [1.807, 2.05) is 0 Å². The number of rotatable bonds is 2. The Morgan fingerprint density at radius 2 is 2.25 bits per heavy atom. The summed E-state index contributed by atoms with van der Waals surface area (Å²) in [6.07, 6.45) is 4.65. The first kappa shape index (κ1) is 8.52. The molecule has 0 amide bonds. The number of methoxy groups -OCH3 is 1. The van der Waals surface area contributed by atoms with Gasteiger partial charge in [-0.2, -0.15) is 0 Å². The Morgan fingerprint density at radius 1 is 1.50 bits per heavy atom. The molecule has 2 heteroatoms. The highest BCUT2D eigenvalue weighted by Crippen LogP contribution is 2.50. The van der Waals surface area contributed by atoms with Gasteiger partial charge >= 0.3 is 0 Å². The van der Waals surface area contributed by atoms with Crippen molar-refractivity contribution in [3.05, 3.63) is 0 Å². The van der Waals surface area contributed by atoms with E-state index < -0.39 is 0 Å². The maximum absolute atomic E-state index is 5.63. The van der Waals surface area contributed by atoms with Gasteiger partial charge < -0.3 is 9.47 Å². The molecule has 2 rings (SSSR count). The zero-order chi connectivity index (χ0) is 8.77. The molecular weight excluding hydrogens is 152 g/mol. The summed E-state index contributed by atoms with van der Waals surface area (Å²) in [5.41, 5.74) is 0.218. The zero-order valence-corrected chi connectivity index (χ0v) is 8.17. The molecule has 0 radical (unpaired) electrons. The van der Waals surface area contributed by atoms with Crippen LogP contribution in [-0.4, -0.2) is 24.9 Å². The van der Waals surface area contributed by atoms with Crippen LogP contribution in [0.2, 0.25) is 0 Å². The van der Waals surface area contributed by atoms with Crippen LogP contribution in [0.25, 0.3) is 0 Å². The zero-order valence-electron chi connectivity index (χ0n) is 8.17. The van der Waals surface area contributed by atoms with Crippen molar-refractivity contribution in [2.75, 3.05) is 7.11 Å². The third-order valence-corrected chi connectivity index (χ3v) is 3.54. The summed E-state index contributed by atoms with van der Waals surface area (Å²) < 4.78 is 11.0. The van der Waals surface area contributed by atoms with E-state index in [0.717, 1.165) is 0 Å². The molecule has 1 saturated heterocycles. The lowest BCUT2D eigenvalue weighted by molar-refractivity contribution is 0.0466. The van der Waals surface area contributed by atoms with E-state index in [-0.39, 0.29) is 5.60 Å². The van der Waals surface area contributed by atoms with Crippen LogP contribution in [0.5, 0.6) is 0 Å². The Hall–Kier alpha value is -0.0800. The van der Waals surface area contributed by atoms with Gasteiger partial charge in [-0.15, -0.1) is 0 Å². The van der Waals surface area contributed by atoms with Crippen molar-refractivity contribution < 1.29 is 9.47 Å². The molecule has 2 nitrogen and oxygen atoms in total. The standard InChI is InChI=1S/C10H18O2/c1-7(11-3)8-4-5-9-10(2,6-8)12-9/h7-9H,4-6H2,1-3H3. The molecule has 4 atom stereocenters. The largest absolute Gasteiger partial charge is 0.381 e. The van der Waals surface area contributed by atoms with Crippen LogP contribution in [0.3, 0.4) is 0 Å². The van der Waals surface area contributed by atoms with E-state index >= 15 is 0 Å². The molecule has 1 aliphatic carbocycles. The predicted octanol–water partition coefficient (Wildman–Crippen LogP) is 1.98. The molecule has 0 aromatic rings. The van der Waals surface area contributed by atoms with Gasteiger partial charge in [-0.05, 0) is 39.0 Å². The molecule has 0 aromatic heterocycles. The van der Waals surface area contributed by atoms with E-state index in [9.17, 15) is 0 Å². The highest BCUT2D eigenvalue weighted by molar-refractivity contribution is 5.04. The molecule has 1 aliphatic heterocycles. The average molecular weight is 170 g/mol. The van der Waals surface area contributed by atoms with Crippen LogP contribution in [-0.2, 0) is 9.47 Å². The van der Waals surface area contributed by atoms with Gasteiger partial charge in [-0.3, -0.25) is 0 Å². The third kappa shape index (κ3) is 1.27. The van der Waals surface area contributed by atoms with Crippen molar-refractivity contribution in [1.82, 2.24) is 0 Å². The normalized spacial score (nSPS) is 48.2. The fourth-order valence-corrected chi connectivity index (χ4v) is 2.42. The van der Waals surface area contributed by atoms with Gasteiger partial charge in [-0.25, -0.2) is 0 Å². The molecule has 12 heavy (non-hydrogen) atoms. The molecular formula is C10H18O2. The van der Waals surface area contributed by atoms with Crippen molar-refractivity contribution in [3.63, 3.8) is 0 Å². The molecule has 0 aromatic carbocycles. The summed E-state index contributed by atoms with van der Waals surface area (Å²) in [5, 5.41) is 0. The van der Waals surface area contributed by atoms with E-state index in [1.54, 1.807) is 7.11 Å². The molecule has 4 unspecified atom stereocenters. The van der Waals surface area contributed by atoms with E-state index in [4.69, 9.17) is 9.47 Å². The summed E-state index contributed by atoms with van der Waals surface area (Å²) in [4.78, 5) is 0. The first-order chi connectivity index (χ1) is 5.65. The number of ether oxygens (including phenoxy) is 2. The molecule has 1 heterocycles. The minimum absolute atomic E-state index is 0.218. The number of hydrogen-bond donors (Lipinski definition) is 0. The molecule has 2 aliphatic rings. The van der Waals surface area contributed by atoms with Crippen LogP contribution in [0.1, 0.15) is 33.1 Å². The molecule has 2 fully saturated rings. The Balaban J connectivity index is 1.93. The summed E-state index contributed by atoms with van der Waals surface area (Å²) >= 11 is 0. The second-order valence-corrected chi connectivity index (χ2v) is 4.40. The van der Waals surface area contributed by atoms with Crippen molar-refractivity contribution in [2.24, 2.45) is 5.92 Å². The average Bonchev–Trinajstić information content (AvgIpc) is 2.73. The Morgan fingerprint density at radius 3 is 2.83 bits per heavy atom.